The van der Waals surface area contributed by atoms with E-state index >= 15 is 0 Å². The summed E-state index contributed by atoms with van der Waals surface area (Å²) in [6.07, 6.45) is 1.47. The molecular formula is C14H22N4O3. The van der Waals surface area contributed by atoms with Crippen molar-refractivity contribution in [1.29, 1.82) is 0 Å². The maximum atomic E-state index is 12.0. The predicted molar refractivity (Wildman–Crippen MR) is 80.5 cm³/mol. The Morgan fingerprint density at radius 3 is 2.86 bits per heavy atom. The molecule has 0 spiro atoms. The third kappa shape index (κ3) is 3.83. The molecular weight excluding hydrogens is 272 g/mol. The second-order valence-electron chi connectivity index (χ2n) is 5.44. The van der Waals surface area contributed by atoms with Crippen LogP contribution in [-0.2, 0) is 4.74 Å². The zero-order valence-electron chi connectivity index (χ0n) is 12.6. The number of aromatic nitrogens is 1. The molecule has 1 aliphatic rings. The molecule has 21 heavy (non-hydrogen) atoms. The summed E-state index contributed by atoms with van der Waals surface area (Å²) < 4.78 is 5.43. The summed E-state index contributed by atoms with van der Waals surface area (Å²) in [5.41, 5.74) is -0.103. The van der Waals surface area contributed by atoms with Gasteiger partial charge in [0.25, 0.3) is 5.56 Å². The van der Waals surface area contributed by atoms with Crippen LogP contribution >= 0.6 is 0 Å². The third-order valence-electron chi connectivity index (χ3n) is 3.71. The number of carbonyl (C=O) groups excluding carboxylic acids is 1. The maximum Gasteiger partial charge on any atom is 0.319 e. The average Bonchev–Trinajstić information content (AvgIpc) is 2.84. The molecule has 0 aliphatic carbocycles. The van der Waals surface area contributed by atoms with E-state index in [-0.39, 0.29) is 23.4 Å². The molecule has 2 amide bonds. The van der Waals surface area contributed by atoms with Crippen LogP contribution < -0.4 is 16.2 Å². The van der Waals surface area contributed by atoms with E-state index in [0.29, 0.717) is 6.04 Å². The van der Waals surface area contributed by atoms with Crippen molar-refractivity contribution in [1.82, 2.24) is 15.2 Å². The highest BCUT2D eigenvalue weighted by molar-refractivity contribution is 5.89. The molecule has 0 aromatic carbocycles. The van der Waals surface area contributed by atoms with E-state index in [4.69, 9.17) is 4.74 Å². The van der Waals surface area contributed by atoms with E-state index < -0.39 is 6.03 Å². The van der Waals surface area contributed by atoms with Crippen LogP contribution in [0.2, 0.25) is 0 Å². The minimum absolute atomic E-state index is 0.0489. The molecule has 1 fully saturated rings. The Hall–Kier alpha value is -1.86. The first-order chi connectivity index (χ1) is 10.0. The zero-order valence-corrected chi connectivity index (χ0v) is 12.6. The summed E-state index contributed by atoms with van der Waals surface area (Å²) in [4.78, 5) is 28.3. The van der Waals surface area contributed by atoms with Gasteiger partial charge in [-0.25, -0.2) is 4.79 Å². The van der Waals surface area contributed by atoms with Crippen molar-refractivity contribution in [3.63, 3.8) is 0 Å². The van der Waals surface area contributed by atoms with Gasteiger partial charge in [0.2, 0.25) is 0 Å². The lowest BCUT2D eigenvalue weighted by Crippen LogP contribution is -2.46. The van der Waals surface area contributed by atoms with Crippen LogP contribution in [0.3, 0.4) is 0 Å². The SMILES string of the molecule is CO[C@H]1CN(C(C)C)C[C@@H]1NC(=O)Nc1ccc[nH]c1=O. The highest BCUT2D eigenvalue weighted by Crippen LogP contribution is 2.15. The summed E-state index contributed by atoms with van der Waals surface area (Å²) >= 11 is 0. The first kappa shape index (κ1) is 15.5. The van der Waals surface area contributed by atoms with Gasteiger partial charge < -0.3 is 20.4 Å². The van der Waals surface area contributed by atoms with Gasteiger partial charge in [0.1, 0.15) is 5.69 Å². The van der Waals surface area contributed by atoms with Gasteiger partial charge >= 0.3 is 6.03 Å². The molecule has 0 radical (unpaired) electrons. The Labute approximate surface area is 123 Å². The number of nitrogens with one attached hydrogen (secondary N) is 3. The summed E-state index contributed by atoms with van der Waals surface area (Å²) in [7, 11) is 1.64. The number of carbonyl (C=O) groups is 1. The van der Waals surface area contributed by atoms with Crippen molar-refractivity contribution in [2.24, 2.45) is 0 Å². The summed E-state index contributed by atoms with van der Waals surface area (Å²) in [6, 6.07) is 3.12. The molecule has 0 unspecified atom stereocenters. The van der Waals surface area contributed by atoms with Crippen molar-refractivity contribution in [3.05, 3.63) is 28.7 Å². The van der Waals surface area contributed by atoms with E-state index in [9.17, 15) is 9.59 Å². The monoisotopic (exact) mass is 294 g/mol. The van der Waals surface area contributed by atoms with E-state index in [2.05, 4.69) is 34.4 Å². The Morgan fingerprint density at radius 2 is 2.24 bits per heavy atom. The van der Waals surface area contributed by atoms with Gasteiger partial charge in [-0.1, -0.05) is 0 Å². The van der Waals surface area contributed by atoms with Gasteiger partial charge in [-0.2, -0.15) is 0 Å². The van der Waals surface area contributed by atoms with Gasteiger partial charge in [-0.3, -0.25) is 9.69 Å². The largest absolute Gasteiger partial charge is 0.378 e. The Morgan fingerprint density at radius 1 is 1.48 bits per heavy atom. The minimum Gasteiger partial charge on any atom is -0.378 e. The van der Waals surface area contributed by atoms with E-state index in [0.717, 1.165) is 13.1 Å². The molecule has 2 rings (SSSR count). The summed E-state index contributed by atoms with van der Waals surface area (Å²) in [5.74, 6) is 0. The zero-order chi connectivity index (χ0) is 15.4. The summed E-state index contributed by atoms with van der Waals surface area (Å²) in [5, 5.41) is 5.43. The van der Waals surface area contributed by atoms with Gasteiger partial charge in [-0.15, -0.1) is 0 Å². The Kier molecular flexibility index (Phi) is 4.98. The van der Waals surface area contributed by atoms with Gasteiger partial charge in [0, 0.05) is 32.4 Å². The smallest absolute Gasteiger partial charge is 0.319 e. The van der Waals surface area contributed by atoms with Crippen LogP contribution in [0.25, 0.3) is 0 Å². The third-order valence-corrected chi connectivity index (χ3v) is 3.71. The number of amides is 2. The van der Waals surface area contributed by atoms with Gasteiger partial charge in [0.05, 0.1) is 12.1 Å². The Balaban J connectivity index is 1.96. The van der Waals surface area contributed by atoms with Crippen LogP contribution in [0.4, 0.5) is 10.5 Å². The van der Waals surface area contributed by atoms with Crippen LogP contribution in [0.5, 0.6) is 0 Å². The van der Waals surface area contributed by atoms with E-state index in [1.54, 1.807) is 19.2 Å². The number of aromatic amines is 1. The molecule has 0 saturated carbocycles. The molecule has 2 atom stereocenters. The second kappa shape index (κ2) is 6.73. The number of ether oxygens (including phenoxy) is 1. The molecule has 3 N–H and O–H groups in total. The molecule has 1 aliphatic heterocycles. The number of likely N-dealkylation sites (tertiary alicyclic amines) is 1. The number of pyridine rings is 1. The molecule has 1 aromatic heterocycles. The fourth-order valence-corrected chi connectivity index (χ4v) is 2.45. The fraction of sp³-hybridized carbons (Fsp3) is 0.571. The number of urea groups is 1. The normalized spacial score (nSPS) is 22.5. The molecule has 1 saturated heterocycles. The van der Waals surface area contributed by atoms with Crippen molar-refractivity contribution < 1.29 is 9.53 Å². The minimum atomic E-state index is -0.399. The molecule has 116 valence electrons. The van der Waals surface area contributed by atoms with Gasteiger partial charge in [-0.05, 0) is 26.0 Å². The predicted octanol–water partition coefficient (Wildman–Crippen LogP) is 0.604. The fourth-order valence-electron chi connectivity index (χ4n) is 2.45. The number of nitrogens with zero attached hydrogens (tertiary/aromatic N) is 1. The van der Waals surface area contributed by atoms with E-state index in [1.165, 1.54) is 6.20 Å². The van der Waals surface area contributed by atoms with Crippen LogP contribution in [0, 0.1) is 0 Å². The van der Waals surface area contributed by atoms with Crippen LogP contribution in [0.1, 0.15) is 13.8 Å². The highest BCUT2D eigenvalue weighted by Gasteiger charge is 2.34. The van der Waals surface area contributed by atoms with Crippen molar-refractivity contribution in [2.75, 3.05) is 25.5 Å². The quantitative estimate of drug-likeness (QED) is 0.759. The van der Waals surface area contributed by atoms with Crippen LogP contribution in [0.15, 0.2) is 23.1 Å². The number of H-pyrrole nitrogens is 1. The first-order valence-corrected chi connectivity index (χ1v) is 7.03. The number of hydrogen-bond donors (Lipinski definition) is 3. The van der Waals surface area contributed by atoms with E-state index in [1.807, 2.05) is 0 Å². The molecule has 7 nitrogen and oxygen atoms in total. The lowest BCUT2D eigenvalue weighted by Gasteiger charge is -2.20. The Bertz CT molecular complexity index is 543. The topological polar surface area (TPSA) is 86.5 Å². The molecule has 0 bridgehead atoms. The average molecular weight is 294 g/mol. The molecule has 7 heteroatoms. The lowest BCUT2D eigenvalue weighted by molar-refractivity contribution is 0.0896. The number of methoxy groups -OCH3 is 1. The lowest BCUT2D eigenvalue weighted by atomic mass is 10.2. The summed E-state index contributed by atoms with van der Waals surface area (Å²) in [6.45, 7) is 5.73. The number of hydrogen-bond acceptors (Lipinski definition) is 4. The standard InChI is InChI=1S/C14H22N4O3/c1-9(2)18-7-11(12(8-18)21-3)17-14(20)16-10-5-4-6-15-13(10)19/h4-6,9,11-12H,7-8H2,1-3H3,(H,15,19)(H2,16,17,20)/t11-,12-/m0/s1. The highest BCUT2D eigenvalue weighted by atomic mass is 16.5. The maximum absolute atomic E-state index is 12.0. The molecule has 2 heterocycles. The molecule has 1 aromatic rings. The van der Waals surface area contributed by atoms with Crippen molar-refractivity contribution in [3.8, 4) is 0 Å². The number of anilines is 1. The number of rotatable bonds is 4. The van der Waals surface area contributed by atoms with Crippen LogP contribution in [-0.4, -0.2) is 54.3 Å². The first-order valence-electron chi connectivity index (χ1n) is 7.03. The van der Waals surface area contributed by atoms with Gasteiger partial charge in [0.15, 0.2) is 0 Å². The second-order valence-corrected chi connectivity index (χ2v) is 5.44. The van der Waals surface area contributed by atoms with Crippen molar-refractivity contribution >= 4 is 11.7 Å². The van der Waals surface area contributed by atoms with Crippen molar-refractivity contribution in [2.45, 2.75) is 32.0 Å².